The number of fused-ring (bicyclic) bond motifs is 1. The zero-order valence-corrected chi connectivity index (χ0v) is 16.3. The quantitative estimate of drug-likeness (QED) is 0.498. The van der Waals surface area contributed by atoms with Gasteiger partial charge < -0.3 is 10.1 Å². The molecule has 152 valence electrons. The summed E-state index contributed by atoms with van der Waals surface area (Å²) in [5.74, 6) is 1.21. The molecule has 1 atom stereocenters. The van der Waals surface area contributed by atoms with Crippen LogP contribution < -0.4 is 10.1 Å². The topological polar surface area (TPSA) is 56.3 Å². The standard InChI is InChI=1S/C15H13ClFN3OS.C2H3F3O/c1-9(10-2-4-11(5-3-10)21-7-17)20-14-13-12(16)6-22-15(13)19-8-18-14;1-6-2(3,4)5/h2-6,8-9H,7H2,1H3,(H,18,19,20);1H3/t9-;/m0./s1. The van der Waals surface area contributed by atoms with Gasteiger partial charge in [0.2, 0.25) is 6.86 Å². The number of hydrogen-bond acceptors (Lipinski definition) is 6. The third kappa shape index (κ3) is 6.18. The van der Waals surface area contributed by atoms with Crippen molar-refractivity contribution < 1.29 is 27.0 Å². The fraction of sp³-hybridized carbons (Fsp3) is 0.294. The number of ether oxygens (including phenoxy) is 2. The first kappa shape index (κ1) is 22.1. The number of hydrogen-bond donors (Lipinski definition) is 1. The van der Waals surface area contributed by atoms with Crippen molar-refractivity contribution in [2.24, 2.45) is 0 Å². The number of aromatic nitrogens is 2. The fourth-order valence-corrected chi connectivity index (χ4v) is 3.29. The summed E-state index contributed by atoms with van der Waals surface area (Å²) in [6.45, 7) is 1.18. The van der Waals surface area contributed by atoms with Crippen molar-refractivity contribution in [3.05, 3.63) is 46.6 Å². The van der Waals surface area contributed by atoms with Gasteiger partial charge in [0.25, 0.3) is 0 Å². The molecular formula is C17H16ClF4N3O2S. The van der Waals surface area contributed by atoms with Crippen molar-refractivity contribution in [2.75, 3.05) is 19.3 Å². The van der Waals surface area contributed by atoms with E-state index >= 15 is 0 Å². The van der Waals surface area contributed by atoms with Crippen LogP contribution in [0.1, 0.15) is 18.5 Å². The van der Waals surface area contributed by atoms with Crippen molar-refractivity contribution in [1.29, 1.82) is 0 Å². The maximum Gasteiger partial charge on any atom is 0.522 e. The molecule has 0 saturated heterocycles. The highest BCUT2D eigenvalue weighted by Crippen LogP contribution is 2.34. The van der Waals surface area contributed by atoms with E-state index in [1.54, 1.807) is 12.1 Å². The SMILES string of the molecule is COC(F)(F)F.C[C@H](Nc1ncnc2scc(Cl)c12)c1ccc(OCF)cc1. The summed E-state index contributed by atoms with van der Waals surface area (Å²) < 4.78 is 51.5. The average Bonchev–Trinajstić information content (AvgIpc) is 3.05. The van der Waals surface area contributed by atoms with Gasteiger partial charge in [-0.05, 0) is 24.6 Å². The van der Waals surface area contributed by atoms with Gasteiger partial charge in [0.1, 0.15) is 22.7 Å². The molecule has 11 heteroatoms. The van der Waals surface area contributed by atoms with Gasteiger partial charge in [-0.2, -0.15) is 0 Å². The molecule has 3 aromatic rings. The molecule has 0 aliphatic heterocycles. The maximum absolute atomic E-state index is 12.1. The molecule has 0 radical (unpaired) electrons. The van der Waals surface area contributed by atoms with Crippen LogP contribution >= 0.6 is 22.9 Å². The second-order valence-corrected chi connectivity index (χ2v) is 6.59. The number of halogens is 5. The van der Waals surface area contributed by atoms with Crippen LogP contribution in [0.3, 0.4) is 0 Å². The highest BCUT2D eigenvalue weighted by atomic mass is 35.5. The van der Waals surface area contributed by atoms with E-state index in [0.717, 1.165) is 15.8 Å². The second kappa shape index (κ2) is 9.85. The fourth-order valence-electron chi connectivity index (χ4n) is 2.15. The lowest BCUT2D eigenvalue weighted by molar-refractivity contribution is -0.311. The molecule has 0 unspecified atom stereocenters. The largest absolute Gasteiger partial charge is 0.522 e. The third-order valence-electron chi connectivity index (χ3n) is 3.51. The monoisotopic (exact) mass is 437 g/mol. The number of methoxy groups -OCH3 is 1. The van der Waals surface area contributed by atoms with Crippen LogP contribution in [-0.4, -0.2) is 30.3 Å². The van der Waals surface area contributed by atoms with Crippen molar-refractivity contribution in [3.63, 3.8) is 0 Å². The molecule has 0 spiro atoms. The molecule has 1 N–H and O–H groups in total. The van der Waals surface area contributed by atoms with Crippen molar-refractivity contribution in [1.82, 2.24) is 9.97 Å². The van der Waals surface area contributed by atoms with Crippen LogP contribution in [0.15, 0.2) is 36.0 Å². The Labute approximate surface area is 167 Å². The summed E-state index contributed by atoms with van der Waals surface area (Å²) in [5.41, 5.74) is 1.03. The molecule has 3 rings (SSSR count). The van der Waals surface area contributed by atoms with Crippen molar-refractivity contribution in [3.8, 4) is 5.75 Å². The van der Waals surface area contributed by atoms with Gasteiger partial charge in [0.05, 0.1) is 10.4 Å². The minimum absolute atomic E-state index is 0.00786. The number of anilines is 1. The number of nitrogens with one attached hydrogen (secondary N) is 1. The van der Waals surface area contributed by atoms with Crippen LogP contribution in [0.4, 0.5) is 23.4 Å². The van der Waals surface area contributed by atoms with Gasteiger partial charge in [0.15, 0.2) is 0 Å². The highest BCUT2D eigenvalue weighted by molar-refractivity contribution is 7.17. The lowest BCUT2D eigenvalue weighted by atomic mass is 10.1. The third-order valence-corrected chi connectivity index (χ3v) is 4.83. The molecule has 0 aliphatic carbocycles. The Kier molecular flexibility index (Phi) is 7.78. The molecule has 2 heterocycles. The molecule has 0 bridgehead atoms. The minimum Gasteiger partial charge on any atom is -0.463 e. The maximum atomic E-state index is 12.1. The van der Waals surface area contributed by atoms with E-state index in [9.17, 15) is 17.6 Å². The summed E-state index contributed by atoms with van der Waals surface area (Å²) in [4.78, 5) is 9.33. The Balaban J connectivity index is 0.000000409. The summed E-state index contributed by atoms with van der Waals surface area (Å²) in [5, 5.41) is 6.66. The molecule has 1 aromatic carbocycles. The molecule has 0 fully saturated rings. The molecule has 0 aliphatic rings. The van der Waals surface area contributed by atoms with Gasteiger partial charge in [-0.15, -0.1) is 24.5 Å². The molecule has 2 aromatic heterocycles. The number of nitrogens with zero attached hydrogens (tertiary/aromatic N) is 2. The van der Waals surface area contributed by atoms with E-state index in [-0.39, 0.29) is 6.04 Å². The van der Waals surface area contributed by atoms with Crippen LogP contribution in [-0.2, 0) is 4.74 Å². The summed E-state index contributed by atoms with van der Waals surface area (Å²) in [7, 11) is 0.583. The lowest BCUT2D eigenvalue weighted by Gasteiger charge is -2.16. The van der Waals surface area contributed by atoms with Gasteiger partial charge in [-0.3, -0.25) is 4.74 Å². The average molecular weight is 438 g/mol. The van der Waals surface area contributed by atoms with E-state index in [4.69, 9.17) is 16.3 Å². The number of alkyl halides is 4. The van der Waals surface area contributed by atoms with Crippen molar-refractivity contribution >= 4 is 39.0 Å². The Morgan fingerprint density at radius 2 is 1.86 bits per heavy atom. The van der Waals surface area contributed by atoms with E-state index in [1.807, 2.05) is 24.4 Å². The van der Waals surface area contributed by atoms with E-state index in [0.29, 0.717) is 23.7 Å². The first-order valence-corrected chi connectivity index (χ1v) is 9.05. The molecule has 28 heavy (non-hydrogen) atoms. The lowest BCUT2D eigenvalue weighted by Crippen LogP contribution is -2.08. The zero-order chi connectivity index (χ0) is 20.7. The van der Waals surface area contributed by atoms with Crippen LogP contribution in [0, 0.1) is 0 Å². The molecule has 0 saturated carbocycles. The number of thiophene rings is 1. The summed E-state index contributed by atoms with van der Waals surface area (Å²) >= 11 is 7.68. The molecule has 5 nitrogen and oxygen atoms in total. The minimum atomic E-state index is -4.46. The van der Waals surface area contributed by atoms with Crippen LogP contribution in [0.25, 0.3) is 10.2 Å². The summed E-state index contributed by atoms with van der Waals surface area (Å²) in [6, 6.07) is 7.25. The smallest absolute Gasteiger partial charge is 0.463 e. The van der Waals surface area contributed by atoms with Crippen molar-refractivity contribution in [2.45, 2.75) is 19.3 Å². The highest BCUT2D eigenvalue weighted by Gasteiger charge is 2.25. The predicted molar refractivity (Wildman–Crippen MR) is 101 cm³/mol. The zero-order valence-electron chi connectivity index (χ0n) is 14.8. The van der Waals surface area contributed by atoms with Gasteiger partial charge in [-0.25, -0.2) is 14.4 Å². The molecular weight excluding hydrogens is 422 g/mol. The Morgan fingerprint density at radius 1 is 1.21 bits per heavy atom. The van der Waals surface area contributed by atoms with E-state index in [1.165, 1.54) is 17.7 Å². The Bertz CT molecular complexity index is 890. The van der Waals surface area contributed by atoms with Gasteiger partial charge >= 0.3 is 6.36 Å². The molecule has 0 amide bonds. The summed E-state index contributed by atoms with van der Waals surface area (Å²) in [6.07, 6.45) is -2.94. The second-order valence-electron chi connectivity index (χ2n) is 5.32. The number of benzene rings is 1. The normalized spacial score (nSPS) is 12.2. The first-order chi connectivity index (χ1) is 13.2. The van der Waals surface area contributed by atoms with E-state index in [2.05, 4.69) is 20.0 Å². The first-order valence-electron chi connectivity index (χ1n) is 7.80. The number of rotatable bonds is 5. The van der Waals surface area contributed by atoms with Crippen LogP contribution in [0.2, 0.25) is 5.02 Å². The van der Waals surface area contributed by atoms with Gasteiger partial charge in [0, 0.05) is 18.5 Å². The Morgan fingerprint density at radius 3 is 2.43 bits per heavy atom. The predicted octanol–water partition coefficient (Wildman–Crippen LogP) is 5.98. The van der Waals surface area contributed by atoms with Gasteiger partial charge in [-0.1, -0.05) is 23.7 Å². The Hall–Kier alpha value is -2.17. The van der Waals surface area contributed by atoms with Crippen LogP contribution in [0.5, 0.6) is 5.75 Å². The van der Waals surface area contributed by atoms with E-state index < -0.39 is 13.2 Å².